The predicted octanol–water partition coefficient (Wildman–Crippen LogP) is 3.85. The van der Waals surface area contributed by atoms with Crippen LogP contribution >= 0.6 is 11.6 Å². The van der Waals surface area contributed by atoms with Crippen LogP contribution in [0.3, 0.4) is 0 Å². The Morgan fingerprint density at radius 2 is 2.06 bits per heavy atom. The van der Waals surface area contributed by atoms with E-state index in [-0.39, 0.29) is 17.0 Å². The number of benzene rings is 1. The van der Waals surface area contributed by atoms with E-state index in [1.807, 2.05) is 0 Å². The van der Waals surface area contributed by atoms with Gasteiger partial charge in [0.15, 0.2) is 0 Å². The minimum Gasteiger partial charge on any atom is -0.481 e. The number of halogens is 4. The van der Waals surface area contributed by atoms with Crippen molar-refractivity contribution >= 4 is 23.6 Å². The molecule has 0 radical (unpaired) electrons. The highest BCUT2D eigenvalue weighted by Crippen LogP contribution is 2.32. The molecule has 0 aliphatic rings. The third-order valence-corrected chi connectivity index (χ3v) is 2.26. The second kappa shape index (κ2) is 5.23. The van der Waals surface area contributed by atoms with Crippen LogP contribution in [0.25, 0.3) is 6.08 Å². The number of hydrogen-bond donors (Lipinski definition) is 1. The van der Waals surface area contributed by atoms with Crippen LogP contribution in [-0.4, -0.2) is 11.1 Å². The zero-order valence-electron chi connectivity index (χ0n) is 8.46. The van der Waals surface area contributed by atoms with Gasteiger partial charge in [0.1, 0.15) is 0 Å². The molecule has 0 heterocycles. The Kier molecular flexibility index (Phi) is 4.17. The molecule has 0 aliphatic heterocycles. The first kappa shape index (κ1) is 13.6. The van der Waals surface area contributed by atoms with Gasteiger partial charge in [-0.05, 0) is 23.8 Å². The van der Waals surface area contributed by atoms with Gasteiger partial charge in [-0.3, -0.25) is 4.79 Å². The van der Waals surface area contributed by atoms with Gasteiger partial charge in [-0.1, -0.05) is 23.8 Å². The lowest BCUT2D eigenvalue weighted by Gasteiger charge is -2.08. The van der Waals surface area contributed by atoms with Crippen molar-refractivity contribution in [1.29, 1.82) is 0 Å². The maximum Gasteiger partial charge on any atom is 0.416 e. The Labute approximate surface area is 100 Å². The Balaban J connectivity index is 2.99. The average molecular weight is 265 g/mol. The van der Waals surface area contributed by atoms with Crippen LogP contribution in [0.2, 0.25) is 5.02 Å². The zero-order chi connectivity index (χ0) is 13.1. The van der Waals surface area contributed by atoms with Crippen LogP contribution < -0.4 is 0 Å². The zero-order valence-corrected chi connectivity index (χ0v) is 9.22. The van der Waals surface area contributed by atoms with E-state index in [1.165, 1.54) is 12.2 Å². The molecular formula is C11H8ClF3O2. The highest BCUT2D eigenvalue weighted by atomic mass is 35.5. The fourth-order valence-corrected chi connectivity index (χ4v) is 1.32. The van der Waals surface area contributed by atoms with Crippen molar-refractivity contribution in [3.63, 3.8) is 0 Å². The first-order valence-corrected chi connectivity index (χ1v) is 4.93. The van der Waals surface area contributed by atoms with Crippen molar-refractivity contribution in [3.05, 3.63) is 40.4 Å². The van der Waals surface area contributed by atoms with E-state index in [1.54, 1.807) is 0 Å². The Morgan fingerprint density at radius 3 is 2.59 bits per heavy atom. The van der Waals surface area contributed by atoms with E-state index in [0.29, 0.717) is 0 Å². The molecule has 2 nitrogen and oxygen atoms in total. The van der Waals surface area contributed by atoms with Crippen LogP contribution in [-0.2, 0) is 11.0 Å². The minimum absolute atomic E-state index is 0.139. The summed E-state index contributed by atoms with van der Waals surface area (Å²) < 4.78 is 37.2. The van der Waals surface area contributed by atoms with E-state index in [9.17, 15) is 18.0 Å². The molecule has 0 unspecified atom stereocenters. The van der Waals surface area contributed by atoms with Gasteiger partial charge in [0.05, 0.1) is 12.0 Å². The smallest absolute Gasteiger partial charge is 0.416 e. The molecule has 0 aromatic heterocycles. The molecule has 17 heavy (non-hydrogen) atoms. The summed E-state index contributed by atoms with van der Waals surface area (Å²) in [6.07, 6.45) is -2.22. The van der Waals surface area contributed by atoms with Crippen molar-refractivity contribution in [1.82, 2.24) is 0 Å². The van der Waals surface area contributed by atoms with Gasteiger partial charge in [0.2, 0.25) is 0 Å². The molecule has 1 N–H and O–H groups in total. The normalized spacial score (nSPS) is 12.0. The van der Waals surface area contributed by atoms with E-state index in [4.69, 9.17) is 16.7 Å². The number of rotatable bonds is 3. The molecule has 6 heteroatoms. The molecular weight excluding hydrogens is 257 g/mol. The molecule has 92 valence electrons. The Bertz CT molecular complexity index is 453. The van der Waals surface area contributed by atoms with Crippen LogP contribution in [0.1, 0.15) is 17.5 Å². The van der Waals surface area contributed by atoms with Crippen LogP contribution in [0.5, 0.6) is 0 Å². The van der Waals surface area contributed by atoms with Crippen LogP contribution in [0.15, 0.2) is 24.3 Å². The molecule has 0 aliphatic carbocycles. The second-order valence-corrected chi connectivity index (χ2v) is 3.64. The molecule has 0 amide bonds. The standard InChI is InChI=1S/C11H8ClF3O2/c12-9-5-4-8(11(13,14)15)6-7(9)2-1-3-10(16)17/h1-2,4-6H,3H2,(H,16,17). The van der Waals surface area contributed by atoms with Gasteiger partial charge >= 0.3 is 12.1 Å². The summed E-state index contributed by atoms with van der Waals surface area (Å²) in [6.45, 7) is 0. The monoisotopic (exact) mass is 264 g/mol. The maximum atomic E-state index is 12.4. The van der Waals surface area contributed by atoms with Crippen molar-refractivity contribution < 1.29 is 23.1 Å². The largest absolute Gasteiger partial charge is 0.481 e. The van der Waals surface area contributed by atoms with E-state index >= 15 is 0 Å². The average Bonchev–Trinajstić information content (AvgIpc) is 2.18. The van der Waals surface area contributed by atoms with E-state index in [0.717, 1.165) is 18.2 Å². The maximum absolute atomic E-state index is 12.4. The first-order valence-electron chi connectivity index (χ1n) is 4.56. The number of alkyl halides is 3. The van der Waals surface area contributed by atoms with Gasteiger partial charge in [-0.15, -0.1) is 0 Å². The van der Waals surface area contributed by atoms with E-state index < -0.39 is 17.7 Å². The molecule has 1 aromatic rings. The number of hydrogen-bond acceptors (Lipinski definition) is 1. The second-order valence-electron chi connectivity index (χ2n) is 3.23. The SMILES string of the molecule is O=C(O)CC=Cc1cc(C(F)(F)F)ccc1Cl. The van der Waals surface area contributed by atoms with E-state index in [2.05, 4.69) is 0 Å². The topological polar surface area (TPSA) is 37.3 Å². The molecule has 0 saturated heterocycles. The summed E-state index contributed by atoms with van der Waals surface area (Å²) in [4.78, 5) is 10.2. The molecule has 0 atom stereocenters. The van der Waals surface area contributed by atoms with Crippen molar-refractivity contribution in [2.75, 3.05) is 0 Å². The fourth-order valence-electron chi connectivity index (χ4n) is 1.13. The van der Waals surface area contributed by atoms with Crippen LogP contribution in [0.4, 0.5) is 13.2 Å². The van der Waals surface area contributed by atoms with Crippen molar-refractivity contribution in [2.24, 2.45) is 0 Å². The lowest BCUT2D eigenvalue weighted by atomic mass is 10.1. The van der Waals surface area contributed by atoms with Gasteiger partial charge < -0.3 is 5.11 Å². The first-order chi connectivity index (χ1) is 7.80. The fraction of sp³-hybridized carbons (Fsp3) is 0.182. The highest BCUT2D eigenvalue weighted by Gasteiger charge is 2.30. The van der Waals surface area contributed by atoms with Crippen LogP contribution in [0, 0.1) is 0 Å². The molecule has 0 bridgehead atoms. The summed E-state index contributed by atoms with van der Waals surface area (Å²) in [5, 5.41) is 8.52. The number of carboxylic acid groups (broad SMARTS) is 1. The number of carboxylic acids is 1. The highest BCUT2D eigenvalue weighted by molar-refractivity contribution is 6.32. The van der Waals surface area contributed by atoms with Crippen molar-refractivity contribution in [3.8, 4) is 0 Å². The summed E-state index contributed by atoms with van der Waals surface area (Å²) in [5.41, 5.74) is -0.681. The molecule has 1 aromatic carbocycles. The molecule has 0 fully saturated rings. The number of aliphatic carboxylic acids is 1. The predicted molar refractivity (Wildman–Crippen MR) is 57.7 cm³/mol. The number of carbonyl (C=O) groups is 1. The van der Waals surface area contributed by atoms with Gasteiger partial charge in [-0.2, -0.15) is 13.2 Å². The Morgan fingerprint density at radius 1 is 1.41 bits per heavy atom. The minimum atomic E-state index is -4.44. The quantitative estimate of drug-likeness (QED) is 0.900. The third kappa shape index (κ3) is 4.11. The lowest BCUT2D eigenvalue weighted by Crippen LogP contribution is -2.04. The van der Waals surface area contributed by atoms with Gasteiger partial charge in [-0.25, -0.2) is 0 Å². The molecule has 0 saturated carbocycles. The summed E-state index contributed by atoms with van der Waals surface area (Å²) in [6, 6.07) is 2.88. The summed E-state index contributed by atoms with van der Waals surface area (Å²) in [5.74, 6) is -1.07. The molecule has 1 rings (SSSR count). The van der Waals surface area contributed by atoms with Crippen molar-refractivity contribution in [2.45, 2.75) is 12.6 Å². The third-order valence-electron chi connectivity index (χ3n) is 1.91. The summed E-state index contributed by atoms with van der Waals surface area (Å²) >= 11 is 5.70. The lowest BCUT2D eigenvalue weighted by molar-refractivity contribution is -0.138. The van der Waals surface area contributed by atoms with Gasteiger partial charge in [0.25, 0.3) is 0 Å². The Hall–Kier alpha value is -1.49. The summed E-state index contributed by atoms with van der Waals surface area (Å²) in [7, 11) is 0. The van der Waals surface area contributed by atoms with Gasteiger partial charge in [0, 0.05) is 5.02 Å². The molecule has 0 spiro atoms.